The zero-order valence-electron chi connectivity index (χ0n) is 15.6. The topological polar surface area (TPSA) is 52.4 Å². The van der Waals surface area contributed by atoms with E-state index in [9.17, 15) is 0 Å². The molecule has 0 amide bonds. The molecule has 2 fully saturated rings. The molecule has 1 aromatic heterocycles. The smallest absolute Gasteiger partial charge is 0.158 e. The van der Waals surface area contributed by atoms with Crippen molar-refractivity contribution >= 4 is 0 Å². The molecule has 0 bridgehead atoms. The number of aryl methyl sites for hydroxylation is 1. The summed E-state index contributed by atoms with van der Waals surface area (Å²) < 4.78 is 13.2. The van der Waals surface area contributed by atoms with Crippen LogP contribution in [0.5, 0.6) is 0 Å². The Balaban J connectivity index is 1.46. The number of likely N-dealkylation sites (tertiary alicyclic amines) is 1. The predicted molar refractivity (Wildman–Crippen MR) is 99.9 cm³/mol. The maximum Gasteiger partial charge on any atom is 0.158 e. The quantitative estimate of drug-likeness (QED) is 0.824. The highest BCUT2D eigenvalue weighted by atomic mass is 16.6. The Labute approximate surface area is 155 Å². The Morgan fingerprint density at radius 3 is 2.62 bits per heavy atom. The SMILES string of the molecule is Cc1nc(-c2ccc(CN3CCCCC3)cc2)n(C[C@@H]2COCCO2)n1. The van der Waals surface area contributed by atoms with Crippen molar-refractivity contribution in [2.75, 3.05) is 32.9 Å². The largest absolute Gasteiger partial charge is 0.376 e. The molecule has 2 saturated heterocycles. The second kappa shape index (κ2) is 8.29. The Bertz CT molecular complexity index is 701. The van der Waals surface area contributed by atoms with Gasteiger partial charge in [0.25, 0.3) is 0 Å². The summed E-state index contributed by atoms with van der Waals surface area (Å²) >= 11 is 0. The molecular formula is C20H28N4O2. The molecule has 6 nitrogen and oxygen atoms in total. The van der Waals surface area contributed by atoms with Crippen molar-refractivity contribution in [3.63, 3.8) is 0 Å². The van der Waals surface area contributed by atoms with Crippen LogP contribution in [0.25, 0.3) is 11.4 Å². The molecule has 3 heterocycles. The molecule has 0 unspecified atom stereocenters. The molecule has 1 aromatic carbocycles. The number of ether oxygens (including phenoxy) is 2. The van der Waals surface area contributed by atoms with Gasteiger partial charge in [-0.3, -0.25) is 4.90 Å². The van der Waals surface area contributed by atoms with E-state index < -0.39 is 0 Å². The van der Waals surface area contributed by atoms with Crippen LogP contribution >= 0.6 is 0 Å². The van der Waals surface area contributed by atoms with Gasteiger partial charge in [0.1, 0.15) is 11.9 Å². The minimum absolute atomic E-state index is 0.0435. The first-order valence-corrected chi connectivity index (χ1v) is 9.70. The highest BCUT2D eigenvalue weighted by Crippen LogP contribution is 2.21. The molecule has 0 saturated carbocycles. The Morgan fingerprint density at radius 1 is 1.08 bits per heavy atom. The summed E-state index contributed by atoms with van der Waals surface area (Å²) in [6.45, 7) is 8.04. The number of hydrogen-bond donors (Lipinski definition) is 0. The van der Waals surface area contributed by atoms with Gasteiger partial charge >= 0.3 is 0 Å². The third kappa shape index (κ3) is 4.31. The predicted octanol–water partition coefficient (Wildman–Crippen LogP) is 2.65. The van der Waals surface area contributed by atoms with E-state index in [1.54, 1.807) is 0 Å². The second-order valence-electron chi connectivity index (χ2n) is 7.27. The fourth-order valence-corrected chi connectivity index (χ4v) is 3.77. The Morgan fingerprint density at radius 2 is 1.88 bits per heavy atom. The van der Waals surface area contributed by atoms with Crippen LogP contribution in [-0.4, -0.2) is 58.7 Å². The van der Waals surface area contributed by atoms with Crippen LogP contribution in [0.15, 0.2) is 24.3 Å². The fraction of sp³-hybridized carbons (Fsp3) is 0.600. The molecule has 0 aliphatic carbocycles. The van der Waals surface area contributed by atoms with Crippen LogP contribution in [-0.2, 0) is 22.6 Å². The van der Waals surface area contributed by atoms with E-state index in [1.807, 2.05) is 11.6 Å². The van der Waals surface area contributed by atoms with Crippen LogP contribution in [0.3, 0.4) is 0 Å². The van der Waals surface area contributed by atoms with Gasteiger partial charge in [0.05, 0.1) is 26.4 Å². The first-order chi connectivity index (χ1) is 12.8. The average Bonchev–Trinajstić information content (AvgIpc) is 3.04. The van der Waals surface area contributed by atoms with Crippen LogP contribution < -0.4 is 0 Å². The van der Waals surface area contributed by atoms with Crippen molar-refractivity contribution in [3.05, 3.63) is 35.7 Å². The van der Waals surface area contributed by atoms with E-state index in [2.05, 4.69) is 39.2 Å². The number of piperidine rings is 1. The van der Waals surface area contributed by atoms with Crippen LogP contribution in [0.1, 0.15) is 30.7 Å². The van der Waals surface area contributed by atoms with Crippen molar-refractivity contribution in [3.8, 4) is 11.4 Å². The summed E-state index contributed by atoms with van der Waals surface area (Å²) in [5.74, 6) is 1.69. The number of nitrogens with zero attached hydrogens (tertiary/aromatic N) is 4. The summed E-state index contributed by atoms with van der Waals surface area (Å²) in [5, 5.41) is 4.56. The van der Waals surface area contributed by atoms with Gasteiger partial charge in [-0.2, -0.15) is 5.10 Å². The monoisotopic (exact) mass is 356 g/mol. The van der Waals surface area contributed by atoms with E-state index in [1.165, 1.54) is 37.9 Å². The standard InChI is InChI=1S/C20H28N4O2/c1-16-21-20(24(22-16)14-19-15-25-11-12-26-19)18-7-5-17(6-8-18)13-23-9-3-2-4-10-23/h5-8,19H,2-4,9-15H2,1H3/t19-/m1/s1. The van der Waals surface area contributed by atoms with E-state index in [0.29, 0.717) is 26.4 Å². The molecule has 2 aliphatic rings. The molecular weight excluding hydrogens is 328 g/mol. The zero-order valence-corrected chi connectivity index (χ0v) is 15.6. The molecule has 2 aromatic rings. The molecule has 0 radical (unpaired) electrons. The van der Waals surface area contributed by atoms with E-state index in [0.717, 1.165) is 23.8 Å². The van der Waals surface area contributed by atoms with Gasteiger partial charge < -0.3 is 9.47 Å². The van der Waals surface area contributed by atoms with Gasteiger partial charge in [-0.05, 0) is 38.4 Å². The summed E-state index contributed by atoms with van der Waals surface area (Å²) in [5.41, 5.74) is 2.46. The number of benzene rings is 1. The minimum atomic E-state index is 0.0435. The fourth-order valence-electron chi connectivity index (χ4n) is 3.77. The Hall–Kier alpha value is -1.76. The summed E-state index contributed by atoms with van der Waals surface area (Å²) in [6.07, 6.45) is 4.07. The number of hydrogen-bond acceptors (Lipinski definition) is 5. The van der Waals surface area contributed by atoms with Crippen LogP contribution in [0.2, 0.25) is 0 Å². The van der Waals surface area contributed by atoms with Gasteiger partial charge in [0.15, 0.2) is 5.82 Å². The van der Waals surface area contributed by atoms with E-state index >= 15 is 0 Å². The van der Waals surface area contributed by atoms with Crippen molar-refractivity contribution in [2.24, 2.45) is 0 Å². The second-order valence-corrected chi connectivity index (χ2v) is 7.27. The van der Waals surface area contributed by atoms with Gasteiger partial charge in [-0.1, -0.05) is 30.7 Å². The lowest BCUT2D eigenvalue weighted by Crippen LogP contribution is -2.32. The normalized spacial score (nSPS) is 21.8. The molecule has 0 N–H and O–H groups in total. The summed E-state index contributed by atoms with van der Waals surface area (Å²) in [7, 11) is 0. The zero-order chi connectivity index (χ0) is 17.8. The lowest BCUT2D eigenvalue weighted by atomic mass is 10.1. The lowest BCUT2D eigenvalue weighted by Gasteiger charge is -2.26. The molecule has 4 rings (SSSR count). The highest BCUT2D eigenvalue weighted by molar-refractivity contribution is 5.55. The maximum absolute atomic E-state index is 5.77. The van der Waals surface area contributed by atoms with Gasteiger partial charge in [-0.15, -0.1) is 0 Å². The molecule has 140 valence electrons. The van der Waals surface area contributed by atoms with Crippen LogP contribution in [0, 0.1) is 6.92 Å². The number of rotatable bonds is 5. The number of aromatic nitrogens is 3. The highest BCUT2D eigenvalue weighted by Gasteiger charge is 2.19. The van der Waals surface area contributed by atoms with Crippen molar-refractivity contribution < 1.29 is 9.47 Å². The summed E-state index contributed by atoms with van der Waals surface area (Å²) in [4.78, 5) is 7.18. The van der Waals surface area contributed by atoms with Crippen molar-refractivity contribution in [1.29, 1.82) is 0 Å². The van der Waals surface area contributed by atoms with E-state index in [-0.39, 0.29) is 6.10 Å². The average molecular weight is 356 g/mol. The first-order valence-electron chi connectivity index (χ1n) is 9.70. The lowest BCUT2D eigenvalue weighted by molar-refractivity contribution is -0.0945. The molecule has 0 spiro atoms. The molecule has 26 heavy (non-hydrogen) atoms. The van der Waals surface area contributed by atoms with Gasteiger partial charge in [-0.25, -0.2) is 9.67 Å². The maximum atomic E-state index is 5.77. The molecule has 2 aliphatic heterocycles. The molecule has 1 atom stereocenters. The third-order valence-electron chi connectivity index (χ3n) is 5.11. The summed E-state index contributed by atoms with van der Waals surface area (Å²) in [6, 6.07) is 8.77. The van der Waals surface area contributed by atoms with E-state index in [4.69, 9.17) is 9.47 Å². The van der Waals surface area contributed by atoms with Crippen LogP contribution in [0.4, 0.5) is 0 Å². The van der Waals surface area contributed by atoms with Gasteiger partial charge in [0, 0.05) is 12.1 Å². The van der Waals surface area contributed by atoms with Crippen molar-refractivity contribution in [2.45, 2.75) is 45.4 Å². The Kier molecular flexibility index (Phi) is 5.62. The van der Waals surface area contributed by atoms with Gasteiger partial charge in [0.2, 0.25) is 0 Å². The van der Waals surface area contributed by atoms with Crippen molar-refractivity contribution in [1.82, 2.24) is 19.7 Å². The third-order valence-corrected chi connectivity index (χ3v) is 5.11. The molecule has 6 heteroatoms. The first kappa shape index (κ1) is 17.6. The minimum Gasteiger partial charge on any atom is -0.376 e.